The van der Waals surface area contributed by atoms with Crippen molar-refractivity contribution in [3.05, 3.63) is 65.2 Å². The number of nitrogens with zero attached hydrogens (tertiary/aromatic N) is 1. The van der Waals surface area contributed by atoms with Crippen LogP contribution < -0.4 is 0 Å². The highest BCUT2D eigenvalue weighted by atomic mass is 35.5. The highest BCUT2D eigenvalue weighted by Crippen LogP contribution is 2.27. The van der Waals surface area contributed by atoms with Gasteiger partial charge in [0.05, 0.1) is 15.9 Å². The van der Waals surface area contributed by atoms with Crippen LogP contribution in [0.4, 0.5) is 0 Å². The van der Waals surface area contributed by atoms with Gasteiger partial charge in [0.25, 0.3) is 0 Å². The smallest absolute Gasteiger partial charge is 0.218 e. The van der Waals surface area contributed by atoms with Gasteiger partial charge >= 0.3 is 0 Å². The Bertz CT molecular complexity index is 959. The second kappa shape index (κ2) is 7.07. The summed E-state index contributed by atoms with van der Waals surface area (Å²) in [6.45, 7) is 0.174. The molecule has 0 amide bonds. The summed E-state index contributed by atoms with van der Waals surface area (Å²) in [7, 11) is -7.17. The molecule has 1 saturated heterocycles. The summed E-state index contributed by atoms with van der Waals surface area (Å²) in [5.41, 5.74) is 0.513. The molecule has 1 aliphatic heterocycles. The molecular formula is C17H18ClNO4S2. The number of benzene rings is 2. The van der Waals surface area contributed by atoms with Crippen LogP contribution in [0.3, 0.4) is 0 Å². The molecule has 0 aliphatic carbocycles. The first-order valence-electron chi connectivity index (χ1n) is 7.81. The third kappa shape index (κ3) is 3.89. The molecule has 1 aliphatic rings. The fourth-order valence-electron chi connectivity index (χ4n) is 2.91. The van der Waals surface area contributed by atoms with Crippen molar-refractivity contribution >= 4 is 31.5 Å². The maximum atomic E-state index is 12.7. The van der Waals surface area contributed by atoms with Crippen LogP contribution >= 0.6 is 11.6 Å². The first-order chi connectivity index (χ1) is 11.8. The van der Waals surface area contributed by atoms with Gasteiger partial charge in [-0.25, -0.2) is 21.1 Å². The van der Waals surface area contributed by atoms with Crippen molar-refractivity contribution < 1.29 is 16.8 Å². The van der Waals surface area contributed by atoms with E-state index in [2.05, 4.69) is 0 Å². The molecule has 2 aromatic carbocycles. The maximum Gasteiger partial charge on any atom is 0.218 e. The molecule has 1 fully saturated rings. The van der Waals surface area contributed by atoms with E-state index in [4.69, 9.17) is 11.6 Å². The van der Waals surface area contributed by atoms with Gasteiger partial charge in [0.1, 0.15) is 0 Å². The summed E-state index contributed by atoms with van der Waals surface area (Å²) in [5.74, 6) is -0.231. The standard InChI is InChI=1S/C17H18ClNO4S2/c18-17-9-5-4-6-14(17)13-24(20,21)19-11-10-16(12-19)25(22,23)15-7-2-1-3-8-15/h1-9,16H,10-13H2. The minimum atomic E-state index is -3.63. The molecule has 0 radical (unpaired) electrons. The van der Waals surface area contributed by atoms with Crippen LogP contribution in [0.5, 0.6) is 0 Å². The molecule has 0 aromatic heterocycles. The molecule has 1 heterocycles. The van der Waals surface area contributed by atoms with E-state index in [1.54, 1.807) is 42.5 Å². The van der Waals surface area contributed by atoms with Gasteiger partial charge in [-0.05, 0) is 30.2 Å². The Balaban J connectivity index is 1.77. The van der Waals surface area contributed by atoms with Crippen LogP contribution in [0.1, 0.15) is 12.0 Å². The lowest BCUT2D eigenvalue weighted by atomic mass is 10.2. The number of hydrogen-bond acceptors (Lipinski definition) is 4. The van der Waals surface area contributed by atoms with E-state index in [1.807, 2.05) is 0 Å². The van der Waals surface area contributed by atoms with E-state index in [-0.39, 0.29) is 23.7 Å². The Morgan fingerprint density at radius 1 is 0.960 bits per heavy atom. The van der Waals surface area contributed by atoms with E-state index < -0.39 is 25.1 Å². The SMILES string of the molecule is O=S(=O)(c1ccccc1)C1CCN(S(=O)(=O)Cc2ccccc2Cl)C1. The molecule has 0 spiro atoms. The zero-order chi connectivity index (χ0) is 18.1. The van der Waals surface area contributed by atoms with Crippen LogP contribution in [0.2, 0.25) is 5.02 Å². The topological polar surface area (TPSA) is 71.5 Å². The van der Waals surface area contributed by atoms with Gasteiger partial charge in [0.15, 0.2) is 9.84 Å². The van der Waals surface area contributed by atoms with Gasteiger partial charge in [-0.2, -0.15) is 0 Å². The van der Waals surface area contributed by atoms with Gasteiger partial charge in [0.2, 0.25) is 10.0 Å². The van der Waals surface area contributed by atoms with Crippen LogP contribution in [0.25, 0.3) is 0 Å². The number of halogens is 1. The Labute approximate surface area is 153 Å². The molecule has 1 unspecified atom stereocenters. The summed E-state index contributed by atoms with van der Waals surface area (Å²) < 4.78 is 51.9. The Kier molecular flexibility index (Phi) is 5.20. The molecule has 3 rings (SSSR count). The van der Waals surface area contributed by atoms with E-state index in [0.29, 0.717) is 17.0 Å². The molecule has 0 N–H and O–H groups in total. The first-order valence-corrected chi connectivity index (χ1v) is 11.3. The summed E-state index contributed by atoms with van der Waals surface area (Å²) in [6.07, 6.45) is 0.291. The lowest BCUT2D eigenvalue weighted by Crippen LogP contribution is -2.32. The average Bonchev–Trinajstić information content (AvgIpc) is 3.09. The molecule has 8 heteroatoms. The molecule has 5 nitrogen and oxygen atoms in total. The number of hydrogen-bond donors (Lipinski definition) is 0. The third-order valence-corrected chi connectivity index (χ3v) is 8.66. The van der Waals surface area contributed by atoms with E-state index in [0.717, 1.165) is 0 Å². The van der Waals surface area contributed by atoms with Crippen molar-refractivity contribution in [2.45, 2.75) is 22.3 Å². The molecule has 2 aromatic rings. The second-order valence-electron chi connectivity index (χ2n) is 5.97. The average molecular weight is 400 g/mol. The molecule has 25 heavy (non-hydrogen) atoms. The number of sulfone groups is 1. The highest BCUT2D eigenvalue weighted by Gasteiger charge is 2.38. The zero-order valence-corrected chi connectivity index (χ0v) is 15.8. The van der Waals surface area contributed by atoms with Crippen molar-refractivity contribution in [2.75, 3.05) is 13.1 Å². The Morgan fingerprint density at radius 2 is 1.60 bits per heavy atom. The van der Waals surface area contributed by atoms with Crippen LogP contribution in [0.15, 0.2) is 59.5 Å². The highest BCUT2D eigenvalue weighted by molar-refractivity contribution is 7.92. The molecule has 0 bridgehead atoms. The fourth-order valence-corrected chi connectivity index (χ4v) is 6.62. The monoisotopic (exact) mass is 399 g/mol. The molecule has 0 saturated carbocycles. The Morgan fingerprint density at radius 3 is 2.28 bits per heavy atom. The predicted octanol–water partition coefficient (Wildman–Crippen LogP) is 2.72. The summed E-state index contributed by atoms with van der Waals surface area (Å²) in [4.78, 5) is 0.227. The third-order valence-electron chi connectivity index (χ3n) is 4.31. The molecule has 134 valence electrons. The normalized spacial score (nSPS) is 19.2. The van der Waals surface area contributed by atoms with Crippen molar-refractivity contribution in [1.82, 2.24) is 4.31 Å². The summed E-state index contributed by atoms with van der Waals surface area (Å²) in [6, 6.07) is 14.9. The zero-order valence-electron chi connectivity index (χ0n) is 13.4. The lowest BCUT2D eigenvalue weighted by Gasteiger charge is -2.17. The summed E-state index contributed by atoms with van der Waals surface area (Å²) >= 11 is 6.04. The quantitative estimate of drug-likeness (QED) is 0.775. The van der Waals surface area contributed by atoms with E-state index >= 15 is 0 Å². The number of rotatable bonds is 5. The maximum absolute atomic E-state index is 12.7. The van der Waals surface area contributed by atoms with Crippen molar-refractivity contribution in [1.29, 1.82) is 0 Å². The number of sulfonamides is 1. The minimum Gasteiger partial charge on any atom is -0.223 e. The first kappa shape index (κ1) is 18.4. The van der Waals surface area contributed by atoms with Gasteiger partial charge in [-0.3, -0.25) is 0 Å². The Hall–Kier alpha value is -1.41. The van der Waals surface area contributed by atoms with Crippen molar-refractivity contribution in [2.24, 2.45) is 0 Å². The lowest BCUT2D eigenvalue weighted by molar-refractivity contribution is 0.475. The predicted molar refractivity (Wildman–Crippen MR) is 97.7 cm³/mol. The largest absolute Gasteiger partial charge is 0.223 e. The van der Waals surface area contributed by atoms with E-state index in [1.165, 1.54) is 16.4 Å². The van der Waals surface area contributed by atoms with Gasteiger partial charge < -0.3 is 0 Å². The fraction of sp³-hybridized carbons (Fsp3) is 0.294. The van der Waals surface area contributed by atoms with Gasteiger partial charge in [-0.1, -0.05) is 48.0 Å². The van der Waals surface area contributed by atoms with Gasteiger partial charge in [-0.15, -0.1) is 0 Å². The minimum absolute atomic E-state index is 0.0238. The van der Waals surface area contributed by atoms with Crippen LogP contribution in [-0.2, 0) is 25.6 Å². The second-order valence-corrected chi connectivity index (χ2v) is 10.6. The summed E-state index contributed by atoms with van der Waals surface area (Å²) in [5, 5.41) is -0.338. The van der Waals surface area contributed by atoms with Crippen LogP contribution in [-0.4, -0.2) is 39.5 Å². The van der Waals surface area contributed by atoms with Gasteiger partial charge in [0, 0.05) is 18.1 Å². The molecular weight excluding hydrogens is 382 g/mol. The van der Waals surface area contributed by atoms with E-state index in [9.17, 15) is 16.8 Å². The van der Waals surface area contributed by atoms with Crippen LogP contribution in [0, 0.1) is 0 Å². The van der Waals surface area contributed by atoms with Crippen molar-refractivity contribution in [3.63, 3.8) is 0 Å². The molecule has 1 atom stereocenters. The van der Waals surface area contributed by atoms with Crippen molar-refractivity contribution in [3.8, 4) is 0 Å².